The van der Waals surface area contributed by atoms with Gasteiger partial charge in [0.15, 0.2) is 5.78 Å². The predicted molar refractivity (Wildman–Crippen MR) is 77.4 cm³/mol. The van der Waals surface area contributed by atoms with E-state index in [-0.39, 0.29) is 17.9 Å². The summed E-state index contributed by atoms with van der Waals surface area (Å²) in [5.41, 5.74) is 6.99. The fourth-order valence-corrected chi connectivity index (χ4v) is 1.95. The predicted octanol–water partition coefficient (Wildman–Crippen LogP) is 1.76. The van der Waals surface area contributed by atoms with Gasteiger partial charge in [-0.1, -0.05) is 48.5 Å². The SMILES string of the molecule is NC(=O)c1ccccc1C(=O)CNCc1ccccc1. The molecule has 1 amide bonds. The highest BCUT2D eigenvalue weighted by atomic mass is 16.1. The van der Waals surface area contributed by atoms with Crippen molar-refractivity contribution in [2.24, 2.45) is 5.73 Å². The highest BCUT2D eigenvalue weighted by Gasteiger charge is 2.13. The maximum atomic E-state index is 12.1. The molecule has 20 heavy (non-hydrogen) atoms. The number of primary amides is 1. The molecule has 4 nitrogen and oxygen atoms in total. The number of Topliss-reactive ketones (excluding diaryl/α,β-unsaturated/α-hetero) is 1. The van der Waals surface area contributed by atoms with Crippen LogP contribution in [0.15, 0.2) is 54.6 Å². The summed E-state index contributed by atoms with van der Waals surface area (Å²) in [7, 11) is 0. The lowest BCUT2D eigenvalue weighted by Gasteiger charge is -2.07. The third kappa shape index (κ3) is 3.52. The number of ketones is 1. The summed E-state index contributed by atoms with van der Waals surface area (Å²) in [5.74, 6) is -0.729. The number of amides is 1. The zero-order chi connectivity index (χ0) is 14.4. The van der Waals surface area contributed by atoms with Crippen LogP contribution >= 0.6 is 0 Å². The summed E-state index contributed by atoms with van der Waals surface area (Å²) in [6.07, 6.45) is 0. The summed E-state index contributed by atoms with van der Waals surface area (Å²) in [5, 5.41) is 3.06. The van der Waals surface area contributed by atoms with Crippen LogP contribution in [0.4, 0.5) is 0 Å². The van der Waals surface area contributed by atoms with Crippen molar-refractivity contribution in [2.75, 3.05) is 6.54 Å². The molecule has 0 atom stereocenters. The van der Waals surface area contributed by atoms with Crippen molar-refractivity contribution >= 4 is 11.7 Å². The molecule has 0 bridgehead atoms. The van der Waals surface area contributed by atoms with Gasteiger partial charge in [-0.2, -0.15) is 0 Å². The Labute approximate surface area is 117 Å². The van der Waals surface area contributed by atoms with Gasteiger partial charge >= 0.3 is 0 Å². The van der Waals surface area contributed by atoms with Crippen LogP contribution in [0.5, 0.6) is 0 Å². The van der Waals surface area contributed by atoms with Gasteiger partial charge in [0, 0.05) is 17.7 Å². The molecular weight excluding hydrogens is 252 g/mol. The van der Waals surface area contributed by atoms with E-state index in [1.807, 2.05) is 30.3 Å². The maximum Gasteiger partial charge on any atom is 0.249 e. The van der Waals surface area contributed by atoms with Crippen LogP contribution in [0.2, 0.25) is 0 Å². The lowest BCUT2D eigenvalue weighted by Crippen LogP contribution is -2.25. The Kier molecular flexibility index (Phi) is 4.63. The highest BCUT2D eigenvalue weighted by molar-refractivity contribution is 6.08. The van der Waals surface area contributed by atoms with Crippen molar-refractivity contribution < 1.29 is 9.59 Å². The summed E-state index contributed by atoms with van der Waals surface area (Å²) < 4.78 is 0. The fraction of sp³-hybridized carbons (Fsp3) is 0.125. The average molecular weight is 268 g/mol. The Morgan fingerprint density at radius 3 is 2.15 bits per heavy atom. The van der Waals surface area contributed by atoms with Crippen molar-refractivity contribution in [3.8, 4) is 0 Å². The topological polar surface area (TPSA) is 72.2 Å². The monoisotopic (exact) mass is 268 g/mol. The molecule has 0 fully saturated rings. The molecule has 102 valence electrons. The number of nitrogens with two attached hydrogens (primary N) is 1. The molecule has 4 heteroatoms. The first-order valence-electron chi connectivity index (χ1n) is 6.35. The first-order chi connectivity index (χ1) is 9.68. The minimum Gasteiger partial charge on any atom is -0.366 e. The van der Waals surface area contributed by atoms with E-state index in [0.717, 1.165) is 5.56 Å². The molecule has 0 saturated carbocycles. The van der Waals surface area contributed by atoms with Crippen molar-refractivity contribution in [3.63, 3.8) is 0 Å². The van der Waals surface area contributed by atoms with E-state index in [9.17, 15) is 9.59 Å². The smallest absolute Gasteiger partial charge is 0.249 e. The van der Waals surface area contributed by atoms with E-state index < -0.39 is 5.91 Å². The Hall–Kier alpha value is -2.46. The van der Waals surface area contributed by atoms with Crippen LogP contribution in [0, 0.1) is 0 Å². The molecule has 0 heterocycles. The van der Waals surface area contributed by atoms with Crippen molar-refractivity contribution in [2.45, 2.75) is 6.54 Å². The summed E-state index contributed by atoms with van der Waals surface area (Å²) in [4.78, 5) is 23.4. The Balaban J connectivity index is 1.97. The molecule has 0 aliphatic carbocycles. The van der Waals surface area contributed by atoms with Crippen LogP contribution in [0.1, 0.15) is 26.3 Å². The zero-order valence-corrected chi connectivity index (χ0v) is 11.0. The van der Waals surface area contributed by atoms with Crippen LogP contribution in [0.3, 0.4) is 0 Å². The molecule has 0 saturated heterocycles. The first-order valence-corrected chi connectivity index (χ1v) is 6.35. The van der Waals surface area contributed by atoms with E-state index in [0.29, 0.717) is 12.1 Å². The summed E-state index contributed by atoms with van der Waals surface area (Å²) in [6.45, 7) is 0.768. The summed E-state index contributed by atoms with van der Waals surface area (Å²) in [6, 6.07) is 16.4. The lowest BCUT2D eigenvalue weighted by molar-refractivity contribution is 0.0962. The van der Waals surface area contributed by atoms with Gasteiger partial charge < -0.3 is 11.1 Å². The fourth-order valence-electron chi connectivity index (χ4n) is 1.95. The number of carbonyl (C=O) groups excluding carboxylic acids is 2. The lowest BCUT2D eigenvalue weighted by atomic mass is 10.0. The zero-order valence-electron chi connectivity index (χ0n) is 11.0. The van der Waals surface area contributed by atoms with Gasteiger partial charge in [-0.25, -0.2) is 0 Å². The summed E-state index contributed by atoms with van der Waals surface area (Å²) >= 11 is 0. The van der Waals surface area contributed by atoms with Crippen molar-refractivity contribution in [3.05, 3.63) is 71.3 Å². The standard InChI is InChI=1S/C16H16N2O2/c17-16(20)14-9-5-4-8-13(14)15(19)11-18-10-12-6-2-1-3-7-12/h1-9,18H,10-11H2,(H2,17,20). The van der Waals surface area contributed by atoms with E-state index in [1.54, 1.807) is 24.3 Å². The maximum absolute atomic E-state index is 12.1. The average Bonchev–Trinajstić information content (AvgIpc) is 2.48. The normalized spacial score (nSPS) is 10.2. The van der Waals surface area contributed by atoms with Crippen LogP contribution in [0.25, 0.3) is 0 Å². The van der Waals surface area contributed by atoms with E-state index in [4.69, 9.17) is 5.73 Å². The van der Waals surface area contributed by atoms with E-state index in [2.05, 4.69) is 5.32 Å². The molecule has 0 radical (unpaired) electrons. The van der Waals surface area contributed by atoms with Gasteiger partial charge in [0.05, 0.1) is 6.54 Å². The Morgan fingerprint density at radius 2 is 1.50 bits per heavy atom. The second-order valence-corrected chi connectivity index (χ2v) is 4.42. The number of nitrogens with one attached hydrogen (secondary N) is 1. The van der Waals surface area contributed by atoms with Gasteiger partial charge in [0.2, 0.25) is 5.91 Å². The highest BCUT2D eigenvalue weighted by Crippen LogP contribution is 2.08. The molecule has 3 N–H and O–H groups in total. The van der Waals surface area contributed by atoms with Gasteiger partial charge in [0.1, 0.15) is 0 Å². The Morgan fingerprint density at radius 1 is 0.900 bits per heavy atom. The third-order valence-electron chi connectivity index (χ3n) is 2.95. The molecule has 2 aromatic carbocycles. The molecule has 0 unspecified atom stereocenters. The molecular formula is C16H16N2O2. The van der Waals surface area contributed by atoms with Crippen LogP contribution < -0.4 is 11.1 Å². The molecule has 0 aromatic heterocycles. The van der Waals surface area contributed by atoms with Crippen LogP contribution in [-0.2, 0) is 6.54 Å². The molecule has 0 spiro atoms. The van der Waals surface area contributed by atoms with Crippen LogP contribution in [-0.4, -0.2) is 18.2 Å². The van der Waals surface area contributed by atoms with Crippen molar-refractivity contribution in [1.82, 2.24) is 5.32 Å². The van der Waals surface area contributed by atoms with E-state index in [1.165, 1.54) is 0 Å². The number of carbonyl (C=O) groups is 2. The molecule has 2 rings (SSSR count). The number of hydrogen-bond donors (Lipinski definition) is 2. The quantitative estimate of drug-likeness (QED) is 0.784. The number of hydrogen-bond acceptors (Lipinski definition) is 3. The van der Waals surface area contributed by atoms with E-state index >= 15 is 0 Å². The minimum absolute atomic E-state index is 0.143. The van der Waals surface area contributed by atoms with Crippen molar-refractivity contribution in [1.29, 1.82) is 0 Å². The Bertz CT molecular complexity index is 609. The largest absolute Gasteiger partial charge is 0.366 e. The second-order valence-electron chi connectivity index (χ2n) is 4.42. The van der Waals surface area contributed by atoms with Gasteiger partial charge in [-0.3, -0.25) is 9.59 Å². The van der Waals surface area contributed by atoms with Gasteiger partial charge in [-0.05, 0) is 11.6 Å². The molecule has 0 aliphatic rings. The third-order valence-corrected chi connectivity index (χ3v) is 2.95. The number of benzene rings is 2. The van der Waals surface area contributed by atoms with Gasteiger partial charge in [0.25, 0.3) is 0 Å². The second kappa shape index (κ2) is 6.63. The molecule has 0 aliphatic heterocycles. The molecule has 2 aromatic rings. The van der Waals surface area contributed by atoms with Gasteiger partial charge in [-0.15, -0.1) is 0 Å². The first kappa shape index (κ1) is 14.0. The number of rotatable bonds is 6. The minimum atomic E-state index is -0.586.